The number of benzene rings is 1. The van der Waals surface area contributed by atoms with Crippen LogP contribution in [0.4, 0.5) is 13.2 Å². The highest BCUT2D eigenvalue weighted by molar-refractivity contribution is 5.34. The fourth-order valence-corrected chi connectivity index (χ4v) is 1.82. The molecule has 1 aromatic carbocycles. The van der Waals surface area contributed by atoms with Crippen LogP contribution in [-0.2, 0) is 10.9 Å². The zero-order chi connectivity index (χ0) is 14.5. The maximum Gasteiger partial charge on any atom is 0.416 e. The van der Waals surface area contributed by atoms with E-state index in [-0.39, 0.29) is 6.04 Å². The Morgan fingerprint density at radius 2 is 2.05 bits per heavy atom. The Labute approximate surface area is 110 Å². The van der Waals surface area contributed by atoms with Gasteiger partial charge in [-0.1, -0.05) is 13.0 Å². The molecule has 0 spiro atoms. The standard InChI is InChI=1S/C13H19F3N2O/c1-3-6-19-8-12(18-17)11-5-4-10(7-9(11)2)13(14,15)16/h4-5,7,12,18H,3,6,8,17H2,1-2H3. The lowest BCUT2D eigenvalue weighted by molar-refractivity contribution is -0.137. The highest BCUT2D eigenvalue weighted by Crippen LogP contribution is 2.31. The van der Waals surface area contributed by atoms with Gasteiger partial charge in [-0.05, 0) is 36.6 Å². The molecule has 1 atom stereocenters. The maximum absolute atomic E-state index is 12.6. The second-order valence-electron chi connectivity index (χ2n) is 4.36. The van der Waals surface area contributed by atoms with Gasteiger partial charge in [0, 0.05) is 6.61 Å². The number of hydrogen-bond acceptors (Lipinski definition) is 3. The first kappa shape index (κ1) is 15.9. The molecule has 19 heavy (non-hydrogen) atoms. The van der Waals surface area contributed by atoms with Crippen molar-refractivity contribution < 1.29 is 17.9 Å². The first-order valence-electron chi connectivity index (χ1n) is 6.11. The Morgan fingerprint density at radius 3 is 2.53 bits per heavy atom. The number of nitrogens with one attached hydrogen (secondary N) is 1. The molecule has 0 radical (unpaired) electrons. The molecule has 0 amide bonds. The minimum absolute atomic E-state index is 0.311. The van der Waals surface area contributed by atoms with Gasteiger partial charge in [-0.15, -0.1) is 0 Å². The molecular formula is C13H19F3N2O. The molecule has 0 aliphatic carbocycles. The fourth-order valence-electron chi connectivity index (χ4n) is 1.82. The van der Waals surface area contributed by atoms with Crippen molar-refractivity contribution in [3.63, 3.8) is 0 Å². The summed E-state index contributed by atoms with van der Waals surface area (Å²) in [4.78, 5) is 0. The lowest BCUT2D eigenvalue weighted by Gasteiger charge is -2.19. The summed E-state index contributed by atoms with van der Waals surface area (Å²) < 4.78 is 43.1. The summed E-state index contributed by atoms with van der Waals surface area (Å²) in [6, 6.07) is 3.32. The topological polar surface area (TPSA) is 47.3 Å². The predicted octanol–water partition coefficient (Wildman–Crippen LogP) is 2.94. The van der Waals surface area contributed by atoms with E-state index in [1.165, 1.54) is 6.07 Å². The van der Waals surface area contributed by atoms with Gasteiger partial charge in [0.05, 0.1) is 18.2 Å². The molecule has 1 unspecified atom stereocenters. The van der Waals surface area contributed by atoms with Gasteiger partial charge in [0.15, 0.2) is 0 Å². The largest absolute Gasteiger partial charge is 0.416 e. The maximum atomic E-state index is 12.6. The molecule has 108 valence electrons. The molecule has 1 rings (SSSR count). The molecule has 0 aromatic heterocycles. The molecule has 3 nitrogen and oxygen atoms in total. The predicted molar refractivity (Wildman–Crippen MR) is 67.4 cm³/mol. The van der Waals surface area contributed by atoms with Crippen LogP contribution in [0.25, 0.3) is 0 Å². The van der Waals surface area contributed by atoms with Crippen LogP contribution in [-0.4, -0.2) is 13.2 Å². The second kappa shape index (κ2) is 6.88. The van der Waals surface area contributed by atoms with Gasteiger partial charge in [-0.3, -0.25) is 11.3 Å². The molecule has 6 heteroatoms. The normalized spacial score (nSPS) is 13.6. The lowest BCUT2D eigenvalue weighted by atomic mass is 9.99. The first-order chi connectivity index (χ1) is 8.90. The average molecular weight is 276 g/mol. The van der Waals surface area contributed by atoms with Crippen LogP contribution in [0.3, 0.4) is 0 Å². The number of hydrazine groups is 1. The van der Waals surface area contributed by atoms with Crippen LogP contribution < -0.4 is 11.3 Å². The van der Waals surface area contributed by atoms with Gasteiger partial charge in [0.25, 0.3) is 0 Å². The average Bonchev–Trinajstić information content (AvgIpc) is 2.34. The van der Waals surface area contributed by atoms with E-state index in [0.717, 1.165) is 18.6 Å². The van der Waals surface area contributed by atoms with Crippen molar-refractivity contribution in [1.29, 1.82) is 0 Å². The van der Waals surface area contributed by atoms with E-state index in [4.69, 9.17) is 10.6 Å². The highest BCUT2D eigenvalue weighted by Gasteiger charge is 2.31. The van der Waals surface area contributed by atoms with E-state index < -0.39 is 11.7 Å². The number of aryl methyl sites for hydroxylation is 1. The van der Waals surface area contributed by atoms with E-state index in [2.05, 4.69) is 5.43 Å². The highest BCUT2D eigenvalue weighted by atomic mass is 19.4. The van der Waals surface area contributed by atoms with Crippen molar-refractivity contribution in [3.8, 4) is 0 Å². The van der Waals surface area contributed by atoms with Crippen LogP contribution in [0.15, 0.2) is 18.2 Å². The van der Waals surface area contributed by atoms with Gasteiger partial charge in [-0.25, -0.2) is 0 Å². The van der Waals surface area contributed by atoms with Gasteiger partial charge < -0.3 is 4.74 Å². The fraction of sp³-hybridized carbons (Fsp3) is 0.538. The van der Waals surface area contributed by atoms with Crippen molar-refractivity contribution in [1.82, 2.24) is 5.43 Å². The van der Waals surface area contributed by atoms with Crippen LogP contribution in [0.1, 0.15) is 36.1 Å². The number of alkyl halides is 3. The number of halogens is 3. The molecule has 0 aliphatic rings. The SMILES string of the molecule is CCCOCC(NN)c1ccc(C(F)(F)F)cc1C. The first-order valence-corrected chi connectivity index (χ1v) is 6.11. The van der Waals surface area contributed by atoms with E-state index in [1.807, 2.05) is 6.92 Å². The van der Waals surface area contributed by atoms with Gasteiger partial charge in [0.2, 0.25) is 0 Å². The number of nitrogens with two attached hydrogens (primary N) is 1. The summed E-state index contributed by atoms with van der Waals surface area (Å²) in [6.45, 7) is 4.54. The van der Waals surface area contributed by atoms with Crippen molar-refractivity contribution in [2.24, 2.45) is 5.84 Å². The molecule has 0 saturated heterocycles. The van der Waals surface area contributed by atoms with Crippen LogP contribution in [0.5, 0.6) is 0 Å². The summed E-state index contributed by atoms with van der Waals surface area (Å²) in [6.07, 6.45) is -3.45. The van der Waals surface area contributed by atoms with Crippen molar-refractivity contribution in [2.45, 2.75) is 32.5 Å². The summed E-state index contributed by atoms with van der Waals surface area (Å²) in [5.74, 6) is 5.43. The van der Waals surface area contributed by atoms with Gasteiger partial charge >= 0.3 is 6.18 Å². The third-order valence-corrected chi connectivity index (χ3v) is 2.81. The molecule has 0 heterocycles. The van der Waals surface area contributed by atoms with Crippen LogP contribution >= 0.6 is 0 Å². The van der Waals surface area contributed by atoms with Gasteiger partial charge in [-0.2, -0.15) is 13.2 Å². The minimum atomic E-state index is -4.33. The van der Waals surface area contributed by atoms with Gasteiger partial charge in [0.1, 0.15) is 0 Å². The number of ether oxygens (including phenoxy) is 1. The Morgan fingerprint density at radius 1 is 1.37 bits per heavy atom. The summed E-state index contributed by atoms with van der Waals surface area (Å²) in [7, 11) is 0. The second-order valence-corrected chi connectivity index (χ2v) is 4.36. The Balaban J connectivity index is 2.87. The molecular weight excluding hydrogens is 257 g/mol. The molecule has 0 bridgehead atoms. The lowest BCUT2D eigenvalue weighted by Crippen LogP contribution is -2.32. The van der Waals surface area contributed by atoms with Crippen LogP contribution in [0, 0.1) is 6.92 Å². The molecule has 0 aliphatic heterocycles. The number of rotatable bonds is 6. The molecule has 0 fully saturated rings. The van der Waals surface area contributed by atoms with E-state index in [9.17, 15) is 13.2 Å². The molecule has 1 aromatic rings. The third-order valence-electron chi connectivity index (χ3n) is 2.81. The zero-order valence-corrected chi connectivity index (χ0v) is 11.1. The van der Waals surface area contributed by atoms with Crippen molar-refractivity contribution in [3.05, 3.63) is 34.9 Å². The van der Waals surface area contributed by atoms with E-state index in [1.54, 1.807) is 6.92 Å². The minimum Gasteiger partial charge on any atom is -0.379 e. The van der Waals surface area contributed by atoms with E-state index in [0.29, 0.717) is 24.3 Å². The Bertz CT molecular complexity index is 407. The zero-order valence-electron chi connectivity index (χ0n) is 11.1. The number of hydrogen-bond donors (Lipinski definition) is 2. The molecule has 3 N–H and O–H groups in total. The summed E-state index contributed by atoms with van der Waals surface area (Å²) in [5.41, 5.74) is 3.17. The third kappa shape index (κ3) is 4.49. The Kier molecular flexibility index (Phi) is 5.78. The molecule has 0 saturated carbocycles. The Hall–Kier alpha value is -1.11. The monoisotopic (exact) mass is 276 g/mol. The van der Waals surface area contributed by atoms with Crippen molar-refractivity contribution >= 4 is 0 Å². The van der Waals surface area contributed by atoms with E-state index >= 15 is 0 Å². The van der Waals surface area contributed by atoms with Crippen LogP contribution in [0.2, 0.25) is 0 Å². The summed E-state index contributed by atoms with van der Waals surface area (Å²) >= 11 is 0. The quantitative estimate of drug-likeness (QED) is 0.477. The van der Waals surface area contributed by atoms with Crippen molar-refractivity contribution in [2.75, 3.05) is 13.2 Å². The smallest absolute Gasteiger partial charge is 0.379 e. The summed E-state index contributed by atoms with van der Waals surface area (Å²) in [5, 5.41) is 0.